The number of nitrogens with zero attached hydrogens (tertiary/aromatic N) is 8. The summed E-state index contributed by atoms with van der Waals surface area (Å²) in [6, 6.07) is 0. The lowest BCUT2D eigenvalue weighted by Crippen LogP contribution is -2.31. The number of piperidine rings is 2. The second-order valence-electron chi connectivity index (χ2n) is 7.81. The first-order valence-electron chi connectivity index (χ1n) is 11.6. The smallest absolute Gasteiger partial charge is 0.231 e. The summed E-state index contributed by atoms with van der Waals surface area (Å²) in [6.45, 7) is 9.58. The van der Waals surface area contributed by atoms with Gasteiger partial charge >= 0.3 is 0 Å². The highest BCUT2D eigenvalue weighted by molar-refractivity contribution is 8.76. The van der Waals surface area contributed by atoms with Crippen molar-refractivity contribution in [1.82, 2.24) is 29.9 Å². The number of anilines is 4. The third-order valence-electron chi connectivity index (χ3n) is 5.34. The normalized spacial score (nSPS) is 16.8. The molecule has 0 bridgehead atoms. The second kappa shape index (κ2) is 11.7. The van der Waals surface area contributed by atoms with E-state index in [1.54, 1.807) is 0 Å². The SMILES string of the molecule is CCNc1nc(SSc2nc(NCC)nc(N3CCCCC3)n2)nc(N2CCCCC2)n1. The molecule has 0 aliphatic carbocycles. The van der Waals surface area contributed by atoms with E-state index in [1.807, 2.05) is 13.8 Å². The maximum absolute atomic E-state index is 4.73. The Bertz CT molecular complexity index is 800. The van der Waals surface area contributed by atoms with Crippen LogP contribution in [0.4, 0.5) is 23.8 Å². The van der Waals surface area contributed by atoms with Gasteiger partial charge in [-0.2, -0.15) is 29.9 Å². The molecule has 32 heavy (non-hydrogen) atoms. The summed E-state index contributed by atoms with van der Waals surface area (Å²) in [7, 11) is 2.93. The summed E-state index contributed by atoms with van der Waals surface area (Å²) >= 11 is 0. The molecule has 2 saturated heterocycles. The van der Waals surface area contributed by atoms with Crippen molar-refractivity contribution in [3.05, 3.63) is 0 Å². The van der Waals surface area contributed by atoms with Crippen molar-refractivity contribution in [1.29, 1.82) is 0 Å². The first-order valence-corrected chi connectivity index (χ1v) is 13.7. The van der Waals surface area contributed by atoms with E-state index in [0.717, 1.165) is 51.2 Å². The van der Waals surface area contributed by atoms with Crippen LogP contribution in [0.3, 0.4) is 0 Å². The summed E-state index contributed by atoms with van der Waals surface area (Å²) < 4.78 is 0. The van der Waals surface area contributed by atoms with Crippen LogP contribution in [-0.2, 0) is 0 Å². The Morgan fingerprint density at radius 1 is 0.594 bits per heavy atom. The highest BCUT2D eigenvalue weighted by atomic mass is 33.1. The Balaban J connectivity index is 1.52. The molecule has 174 valence electrons. The monoisotopic (exact) mass is 476 g/mol. The fraction of sp³-hybridized carbons (Fsp3) is 0.700. The maximum atomic E-state index is 4.73. The van der Waals surface area contributed by atoms with Crippen molar-refractivity contribution in [2.75, 3.05) is 59.7 Å². The Hall–Kier alpha value is -2.08. The molecule has 2 aromatic heterocycles. The van der Waals surface area contributed by atoms with Gasteiger partial charge in [-0.05, 0) is 74.0 Å². The zero-order valence-corrected chi connectivity index (χ0v) is 20.5. The zero-order valence-electron chi connectivity index (χ0n) is 18.9. The van der Waals surface area contributed by atoms with Crippen molar-refractivity contribution in [3.8, 4) is 0 Å². The molecule has 4 heterocycles. The first kappa shape index (κ1) is 23.1. The van der Waals surface area contributed by atoms with E-state index in [0.29, 0.717) is 22.2 Å². The second-order valence-corrected chi connectivity index (χ2v) is 9.87. The van der Waals surface area contributed by atoms with Gasteiger partial charge in [-0.3, -0.25) is 0 Å². The molecular weight excluding hydrogens is 444 g/mol. The van der Waals surface area contributed by atoms with Gasteiger partial charge in [0.2, 0.25) is 34.1 Å². The molecule has 10 nitrogen and oxygen atoms in total. The topological polar surface area (TPSA) is 108 Å². The van der Waals surface area contributed by atoms with Crippen molar-refractivity contribution in [2.24, 2.45) is 0 Å². The van der Waals surface area contributed by atoms with Crippen molar-refractivity contribution < 1.29 is 0 Å². The third kappa shape index (κ3) is 6.25. The van der Waals surface area contributed by atoms with Crippen LogP contribution in [0.15, 0.2) is 10.3 Å². The molecule has 0 aromatic carbocycles. The molecule has 2 aliphatic rings. The summed E-state index contributed by atoms with van der Waals surface area (Å²) in [4.78, 5) is 32.4. The minimum Gasteiger partial charge on any atom is -0.354 e. The highest BCUT2D eigenvalue weighted by Gasteiger charge is 2.19. The van der Waals surface area contributed by atoms with Gasteiger partial charge in [-0.15, -0.1) is 0 Å². The average Bonchev–Trinajstić information content (AvgIpc) is 2.84. The fourth-order valence-corrected chi connectivity index (χ4v) is 5.31. The molecule has 2 aromatic rings. The van der Waals surface area contributed by atoms with Gasteiger partial charge in [0.15, 0.2) is 0 Å². The van der Waals surface area contributed by atoms with Gasteiger partial charge in [-0.25, -0.2) is 0 Å². The lowest BCUT2D eigenvalue weighted by molar-refractivity contribution is 0.565. The van der Waals surface area contributed by atoms with E-state index >= 15 is 0 Å². The van der Waals surface area contributed by atoms with Crippen LogP contribution in [0.1, 0.15) is 52.4 Å². The van der Waals surface area contributed by atoms with Gasteiger partial charge in [0, 0.05) is 39.3 Å². The highest BCUT2D eigenvalue weighted by Crippen LogP contribution is 2.35. The van der Waals surface area contributed by atoms with E-state index < -0.39 is 0 Å². The van der Waals surface area contributed by atoms with Crippen LogP contribution in [0.5, 0.6) is 0 Å². The Kier molecular flexibility index (Phi) is 8.43. The standard InChI is InChI=1S/C20H32N10S2/c1-3-21-15-23-17(29-11-7-5-8-12-29)27-19(25-15)31-32-20-26-16(22-4-2)24-18(28-20)30-13-9-6-10-14-30/h3-14H2,1-2H3,(H,21,23,25,27)(H,22,24,26,28). The molecular formula is C20H32N10S2. The van der Waals surface area contributed by atoms with Crippen LogP contribution in [-0.4, -0.2) is 69.2 Å². The van der Waals surface area contributed by atoms with Crippen molar-refractivity contribution in [2.45, 2.75) is 62.7 Å². The number of hydrogen-bond donors (Lipinski definition) is 2. The quantitative estimate of drug-likeness (QED) is 0.515. The van der Waals surface area contributed by atoms with Crippen LogP contribution in [0.2, 0.25) is 0 Å². The number of hydrogen-bond acceptors (Lipinski definition) is 12. The summed E-state index contributed by atoms with van der Waals surface area (Å²) in [5, 5.41) is 7.79. The van der Waals surface area contributed by atoms with Crippen molar-refractivity contribution >= 4 is 45.4 Å². The minimum absolute atomic E-state index is 0.615. The predicted octanol–water partition coefficient (Wildman–Crippen LogP) is 3.70. The largest absolute Gasteiger partial charge is 0.354 e. The molecule has 0 unspecified atom stereocenters. The lowest BCUT2D eigenvalue weighted by Gasteiger charge is -2.27. The van der Waals surface area contributed by atoms with E-state index in [9.17, 15) is 0 Å². The molecule has 2 N–H and O–H groups in total. The van der Waals surface area contributed by atoms with Gasteiger partial charge in [0.05, 0.1) is 0 Å². The van der Waals surface area contributed by atoms with Crippen LogP contribution < -0.4 is 20.4 Å². The molecule has 2 fully saturated rings. The summed E-state index contributed by atoms with van der Waals surface area (Å²) in [5.41, 5.74) is 0. The van der Waals surface area contributed by atoms with E-state index in [1.165, 1.54) is 60.1 Å². The number of nitrogens with one attached hydrogen (secondary N) is 2. The van der Waals surface area contributed by atoms with Gasteiger partial charge in [-0.1, -0.05) is 0 Å². The lowest BCUT2D eigenvalue weighted by atomic mass is 10.1. The van der Waals surface area contributed by atoms with Crippen LogP contribution in [0, 0.1) is 0 Å². The van der Waals surface area contributed by atoms with Gasteiger partial charge in [0.1, 0.15) is 0 Å². The van der Waals surface area contributed by atoms with Gasteiger partial charge < -0.3 is 20.4 Å². The summed E-state index contributed by atoms with van der Waals surface area (Å²) in [5.74, 6) is 2.72. The average molecular weight is 477 g/mol. The predicted molar refractivity (Wildman–Crippen MR) is 132 cm³/mol. The Labute approximate surface area is 197 Å². The maximum Gasteiger partial charge on any atom is 0.231 e. The summed E-state index contributed by atoms with van der Waals surface area (Å²) in [6.07, 6.45) is 7.25. The van der Waals surface area contributed by atoms with Crippen molar-refractivity contribution in [3.63, 3.8) is 0 Å². The Morgan fingerprint density at radius 3 is 1.38 bits per heavy atom. The van der Waals surface area contributed by atoms with E-state index in [-0.39, 0.29) is 0 Å². The van der Waals surface area contributed by atoms with Crippen LogP contribution >= 0.6 is 21.6 Å². The fourth-order valence-electron chi connectivity index (χ4n) is 3.79. The molecule has 4 rings (SSSR count). The number of aromatic nitrogens is 6. The number of rotatable bonds is 9. The molecule has 2 aliphatic heterocycles. The molecule has 0 saturated carbocycles. The molecule has 0 atom stereocenters. The van der Waals surface area contributed by atoms with Crippen LogP contribution in [0.25, 0.3) is 0 Å². The van der Waals surface area contributed by atoms with Gasteiger partial charge in [0.25, 0.3) is 0 Å². The molecule has 12 heteroatoms. The van der Waals surface area contributed by atoms with E-state index in [2.05, 4.69) is 40.4 Å². The molecule has 0 radical (unpaired) electrons. The minimum atomic E-state index is 0.615. The molecule has 0 amide bonds. The zero-order chi connectivity index (χ0) is 22.2. The Morgan fingerprint density at radius 2 is 1.00 bits per heavy atom. The third-order valence-corrected chi connectivity index (χ3v) is 7.24. The molecule has 0 spiro atoms. The van der Waals surface area contributed by atoms with E-state index in [4.69, 9.17) is 9.97 Å². The first-order chi connectivity index (χ1) is 15.7.